The minimum absolute atomic E-state index is 0.112. The van der Waals surface area contributed by atoms with E-state index in [1.54, 1.807) is 6.08 Å². The molecule has 1 amide bonds. The van der Waals surface area contributed by atoms with E-state index in [9.17, 15) is 9.90 Å². The quantitative estimate of drug-likeness (QED) is 0.874. The van der Waals surface area contributed by atoms with E-state index in [0.717, 1.165) is 11.1 Å². The van der Waals surface area contributed by atoms with Crippen LogP contribution in [0.5, 0.6) is 0 Å². The summed E-state index contributed by atoms with van der Waals surface area (Å²) in [6.45, 7) is 4.13. The molecule has 3 nitrogen and oxygen atoms in total. The number of nitrogens with zero attached hydrogens (tertiary/aromatic N) is 1. The van der Waals surface area contributed by atoms with Gasteiger partial charge in [-0.25, -0.2) is 0 Å². The van der Waals surface area contributed by atoms with Crippen LogP contribution in [0.1, 0.15) is 33.3 Å². The van der Waals surface area contributed by atoms with Gasteiger partial charge in [0.25, 0.3) is 5.91 Å². The fourth-order valence-electron chi connectivity index (χ4n) is 2.78. The van der Waals surface area contributed by atoms with Crippen LogP contribution in [0.2, 0.25) is 0 Å². The lowest BCUT2D eigenvalue weighted by molar-refractivity contribution is 0.0137. The van der Waals surface area contributed by atoms with Crippen LogP contribution in [0.25, 0.3) is 0 Å². The molecule has 3 heteroatoms. The monoisotopic (exact) mass is 279 g/mol. The van der Waals surface area contributed by atoms with Crippen molar-refractivity contribution in [3.8, 4) is 0 Å². The Balaban J connectivity index is 1.95. The van der Waals surface area contributed by atoms with E-state index in [-0.39, 0.29) is 5.91 Å². The molecule has 1 aliphatic heterocycles. The Morgan fingerprint density at radius 2 is 1.90 bits per heavy atom. The van der Waals surface area contributed by atoms with Crippen LogP contribution in [0.3, 0.4) is 0 Å². The van der Waals surface area contributed by atoms with Gasteiger partial charge in [0.05, 0.1) is 5.56 Å². The summed E-state index contributed by atoms with van der Waals surface area (Å²) < 4.78 is 0. The fraction of sp³-hybridized carbons (Fsp3) is 0.167. The highest BCUT2D eigenvalue weighted by atomic mass is 16.3. The second-order valence-electron chi connectivity index (χ2n) is 5.17. The highest BCUT2D eigenvalue weighted by Crippen LogP contribution is 2.35. The number of rotatable bonds is 4. The third-order valence-corrected chi connectivity index (χ3v) is 3.79. The molecule has 0 aliphatic carbocycles. The molecule has 0 spiro atoms. The first-order chi connectivity index (χ1) is 10.2. The minimum Gasteiger partial charge on any atom is -0.369 e. The third kappa shape index (κ3) is 2.36. The van der Waals surface area contributed by atoms with E-state index in [1.165, 1.54) is 4.90 Å². The van der Waals surface area contributed by atoms with E-state index in [2.05, 4.69) is 6.58 Å². The highest BCUT2D eigenvalue weighted by molar-refractivity contribution is 6.00. The Morgan fingerprint density at radius 3 is 2.62 bits per heavy atom. The van der Waals surface area contributed by atoms with Crippen LogP contribution in [-0.2, 0) is 13.0 Å². The molecule has 2 aromatic rings. The van der Waals surface area contributed by atoms with Crippen molar-refractivity contribution in [2.45, 2.75) is 19.2 Å². The van der Waals surface area contributed by atoms with Crippen molar-refractivity contribution in [3.63, 3.8) is 0 Å². The number of allylic oxidation sites excluding steroid dienone is 1. The summed E-state index contributed by atoms with van der Waals surface area (Å²) in [4.78, 5) is 14.1. The van der Waals surface area contributed by atoms with Gasteiger partial charge in [-0.15, -0.1) is 6.58 Å². The third-order valence-electron chi connectivity index (χ3n) is 3.79. The summed E-state index contributed by atoms with van der Waals surface area (Å²) in [5.74, 6) is -0.112. The number of amides is 1. The number of carbonyl (C=O) groups excluding carboxylic acids is 1. The van der Waals surface area contributed by atoms with Crippen molar-refractivity contribution in [2.75, 3.05) is 0 Å². The number of carbonyl (C=O) groups is 1. The predicted molar refractivity (Wildman–Crippen MR) is 81.6 cm³/mol. The van der Waals surface area contributed by atoms with Gasteiger partial charge in [0.15, 0.2) is 6.23 Å². The van der Waals surface area contributed by atoms with Gasteiger partial charge in [-0.2, -0.15) is 0 Å². The van der Waals surface area contributed by atoms with Gasteiger partial charge in [0.1, 0.15) is 0 Å². The summed E-state index contributed by atoms with van der Waals surface area (Å²) in [5.41, 5.74) is 3.24. The van der Waals surface area contributed by atoms with Gasteiger partial charge in [0, 0.05) is 12.1 Å². The van der Waals surface area contributed by atoms with Crippen LogP contribution < -0.4 is 0 Å². The molecule has 1 heterocycles. The number of aliphatic hydroxyl groups excluding tert-OH is 1. The molecule has 106 valence electrons. The largest absolute Gasteiger partial charge is 0.369 e. The van der Waals surface area contributed by atoms with Crippen LogP contribution in [0.15, 0.2) is 61.2 Å². The fourth-order valence-corrected chi connectivity index (χ4v) is 2.78. The molecule has 1 N–H and O–H groups in total. The molecule has 3 rings (SSSR count). The molecule has 0 saturated heterocycles. The normalized spacial score (nSPS) is 16.9. The van der Waals surface area contributed by atoms with Crippen molar-refractivity contribution in [3.05, 3.63) is 83.4 Å². The Labute approximate surface area is 124 Å². The number of hydrogen-bond acceptors (Lipinski definition) is 2. The maximum Gasteiger partial charge on any atom is 0.257 e. The Hall–Kier alpha value is -2.39. The minimum atomic E-state index is -0.877. The predicted octanol–water partition coefficient (Wildman–Crippen LogP) is 3.06. The zero-order valence-corrected chi connectivity index (χ0v) is 11.7. The molecule has 0 radical (unpaired) electrons. The first-order valence-electron chi connectivity index (χ1n) is 6.98. The summed E-state index contributed by atoms with van der Waals surface area (Å²) in [5, 5.41) is 10.4. The van der Waals surface area contributed by atoms with E-state index in [0.29, 0.717) is 24.1 Å². The van der Waals surface area contributed by atoms with Gasteiger partial charge in [-0.1, -0.05) is 54.6 Å². The van der Waals surface area contributed by atoms with Crippen LogP contribution in [0, 0.1) is 0 Å². The van der Waals surface area contributed by atoms with Crippen molar-refractivity contribution in [2.24, 2.45) is 0 Å². The zero-order chi connectivity index (χ0) is 14.8. The van der Waals surface area contributed by atoms with E-state index in [1.807, 2.05) is 48.5 Å². The SMILES string of the molecule is C=CCc1cccc2c1C(=O)N(Cc1ccccc1)C2O. The first-order valence-corrected chi connectivity index (χ1v) is 6.98. The summed E-state index contributed by atoms with van der Waals surface area (Å²) in [7, 11) is 0. The molecular weight excluding hydrogens is 262 g/mol. The lowest BCUT2D eigenvalue weighted by Gasteiger charge is -2.20. The first kappa shape index (κ1) is 13.6. The van der Waals surface area contributed by atoms with E-state index >= 15 is 0 Å². The topological polar surface area (TPSA) is 40.5 Å². The van der Waals surface area contributed by atoms with Crippen LogP contribution in [0.4, 0.5) is 0 Å². The smallest absolute Gasteiger partial charge is 0.257 e. The van der Waals surface area contributed by atoms with Crippen molar-refractivity contribution < 1.29 is 9.90 Å². The zero-order valence-electron chi connectivity index (χ0n) is 11.7. The summed E-state index contributed by atoms with van der Waals surface area (Å²) in [6.07, 6.45) is 1.52. The molecule has 1 atom stereocenters. The van der Waals surface area contributed by atoms with Crippen LogP contribution >= 0.6 is 0 Å². The van der Waals surface area contributed by atoms with E-state index in [4.69, 9.17) is 0 Å². The molecule has 1 unspecified atom stereocenters. The second kappa shape index (κ2) is 5.54. The standard InChI is InChI=1S/C18H17NO2/c1-2-7-14-10-6-11-15-16(14)18(21)19(17(15)20)12-13-8-4-3-5-9-13/h2-6,8-11,17,20H,1,7,12H2. The lowest BCUT2D eigenvalue weighted by atomic mass is 10.0. The lowest BCUT2D eigenvalue weighted by Crippen LogP contribution is -2.27. The molecule has 2 aromatic carbocycles. The van der Waals surface area contributed by atoms with Gasteiger partial charge in [-0.3, -0.25) is 4.79 Å². The van der Waals surface area contributed by atoms with Crippen molar-refractivity contribution in [1.82, 2.24) is 4.90 Å². The number of fused-ring (bicyclic) bond motifs is 1. The van der Waals surface area contributed by atoms with Crippen molar-refractivity contribution >= 4 is 5.91 Å². The molecular formula is C18H17NO2. The molecule has 0 bridgehead atoms. The van der Waals surface area contributed by atoms with Crippen molar-refractivity contribution in [1.29, 1.82) is 0 Å². The number of benzene rings is 2. The van der Waals surface area contributed by atoms with Crippen LogP contribution in [-0.4, -0.2) is 15.9 Å². The molecule has 21 heavy (non-hydrogen) atoms. The van der Waals surface area contributed by atoms with Gasteiger partial charge >= 0.3 is 0 Å². The Bertz CT molecular complexity index is 679. The molecule has 0 fully saturated rings. The average Bonchev–Trinajstić information content (AvgIpc) is 2.75. The average molecular weight is 279 g/mol. The van der Waals surface area contributed by atoms with Gasteiger partial charge in [-0.05, 0) is 17.5 Å². The maximum atomic E-state index is 12.6. The maximum absolute atomic E-state index is 12.6. The highest BCUT2D eigenvalue weighted by Gasteiger charge is 2.36. The van der Waals surface area contributed by atoms with Gasteiger partial charge in [0.2, 0.25) is 0 Å². The summed E-state index contributed by atoms with van der Waals surface area (Å²) in [6, 6.07) is 15.3. The Morgan fingerprint density at radius 1 is 1.14 bits per heavy atom. The second-order valence-corrected chi connectivity index (χ2v) is 5.17. The molecule has 1 aliphatic rings. The Kier molecular flexibility index (Phi) is 3.59. The van der Waals surface area contributed by atoms with E-state index < -0.39 is 6.23 Å². The van der Waals surface area contributed by atoms with Gasteiger partial charge < -0.3 is 10.0 Å². The summed E-state index contributed by atoms with van der Waals surface area (Å²) >= 11 is 0. The molecule has 0 saturated carbocycles. The number of aliphatic hydroxyl groups is 1. The molecule has 0 aromatic heterocycles. The number of hydrogen-bond donors (Lipinski definition) is 1.